The highest BCUT2D eigenvalue weighted by molar-refractivity contribution is 5.88. The minimum absolute atomic E-state index is 0.0202. The van der Waals surface area contributed by atoms with Gasteiger partial charge in [0.15, 0.2) is 6.61 Å². The van der Waals surface area contributed by atoms with Crippen LogP contribution in [-0.4, -0.2) is 41.6 Å². The Hall–Kier alpha value is -2.63. The molecule has 2 aromatic rings. The highest BCUT2D eigenvalue weighted by Gasteiger charge is 2.24. The molecule has 1 fully saturated rings. The van der Waals surface area contributed by atoms with Gasteiger partial charge in [0, 0.05) is 19.2 Å². The van der Waals surface area contributed by atoms with Crippen LogP contribution in [0.4, 0.5) is 0 Å². The van der Waals surface area contributed by atoms with Crippen molar-refractivity contribution in [3.63, 3.8) is 0 Å². The molecule has 1 aliphatic rings. The highest BCUT2D eigenvalue weighted by Crippen LogP contribution is 2.21. The first-order valence-corrected chi connectivity index (χ1v) is 8.54. The molecule has 0 saturated carbocycles. The van der Waals surface area contributed by atoms with E-state index in [4.69, 9.17) is 9.26 Å². The number of carbonyl (C=O) groups is 2. The number of ether oxygens (including phenoxy) is 1. The van der Waals surface area contributed by atoms with E-state index in [0.29, 0.717) is 24.7 Å². The lowest BCUT2D eigenvalue weighted by Crippen LogP contribution is -2.41. The maximum atomic E-state index is 12.2. The molecule has 1 aromatic heterocycles. The zero-order valence-electron chi connectivity index (χ0n) is 14.3. The van der Waals surface area contributed by atoms with E-state index >= 15 is 0 Å². The van der Waals surface area contributed by atoms with Crippen molar-refractivity contribution < 1.29 is 18.8 Å². The molecular formula is C19H22N2O4. The van der Waals surface area contributed by atoms with Crippen LogP contribution in [0.25, 0.3) is 0 Å². The Balaban J connectivity index is 1.41. The summed E-state index contributed by atoms with van der Waals surface area (Å²) in [4.78, 5) is 25.7. The average molecular weight is 342 g/mol. The standard InChI is InChI=1S/C19H22N2O4/c1-14-11-17(25-20-14)19(23)24-13-18(22)21-9-7-16(8-10-21)12-15-5-3-2-4-6-15/h2-6,11,16H,7-10,12-13H2,1H3. The molecule has 6 heteroatoms. The molecule has 0 spiro atoms. The first-order chi connectivity index (χ1) is 12.1. The number of aryl methyl sites for hydroxylation is 1. The van der Waals surface area contributed by atoms with Crippen LogP contribution < -0.4 is 0 Å². The van der Waals surface area contributed by atoms with Gasteiger partial charge in [-0.2, -0.15) is 0 Å². The van der Waals surface area contributed by atoms with Gasteiger partial charge in [-0.05, 0) is 37.7 Å². The average Bonchev–Trinajstić information content (AvgIpc) is 3.07. The Morgan fingerprint density at radius 3 is 2.60 bits per heavy atom. The predicted octanol–water partition coefficient (Wildman–Crippen LogP) is 2.62. The number of carbonyl (C=O) groups excluding carboxylic acids is 2. The largest absolute Gasteiger partial charge is 0.450 e. The van der Waals surface area contributed by atoms with Gasteiger partial charge in [0.05, 0.1) is 5.69 Å². The van der Waals surface area contributed by atoms with Gasteiger partial charge in [0.2, 0.25) is 5.76 Å². The van der Waals surface area contributed by atoms with E-state index in [1.54, 1.807) is 11.8 Å². The summed E-state index contributed by atoms with van der Waals surface area (Å²) in [6, 6.07) is 11.9. The summed E-state index contributed by atoms with van der Waals surface area (Å²) in [5.41, 5.74) is 1.93. The van der Waals surface area contributed by atoms with E-state index < -0.39 is 5.97 Å². The predicted molar refractivity (Wildman–Crippen MR) is 91.0 cm³/mol. The molecule has 6 nitrogen and oxygen atoms in total. The molecule has 0 unspecified atom stereocenters. The van der Waals surface area contributed by atoms with Gasteiger partial charge in [-0.25, -0.2) is 4.79 Å². The van der Waals surface area contributed by atoms with Crippen molar-refractivity contribution in [1.82, 2.24) is 10.1 Å². The Labute approximate surface area is 146 Å². The van der Waals surface area contributed by atoms with Crippen molar-refractivity contribution in [3.05, 3.63) is 53.4 Å². The van der Waals surface area contributed by atoms with Crippen molar-refractivity contribution >= 4 is 11.9 Å². The number of aromatic nitrogens is 1. The van der Waals surface area contributed by atoms with E-state index in [2.05, 4.69) is 29.4 Å². The Morgan fingerprint density at radius 2 is 1.96 bits per heavy atom. The summed E-state index contributed by atoms with van der Waals surface area (Å²) in [5, 5.41) is 3.63. The number of hydrogen-bond donors (Lipinski definition) is 0. The second kappa shape index (κ2) is 7.96. The second-order valence-corrected chi connectivity index (χ2v) is 6.42. The molecule has 3 rings (SSSR count). The summed E-state index contributed by atoms with van der Waals surface area (Å²) in [7, 11) is 0. The van der Waals surface area contributed by atoms with Crippen LogP contribution in [0.2, 0.25) is 0 Å². The third-order valence-corrected chi connectivity index (χ3v) is 4.49. The first kappa shape index (κ1) is 17.2. The minimum atomic E-state index is -0.659. The third-order valence-electron chi connectivity index (χ3n) is 4.49. The maximum Gasteiger partial charge on any atom is 0.377 e. The van der Waals surface area contributed by atoms with Gasteiger partial charge in [-0.1, -0.05) is 35.5 Å². The minimum Gasteiger partial charge on any atom is -0.450 e. The van der Waals surface area contributed by atoms with E-state index in [0.717, 1.165) is 19.3 Å². The molecule has 2 heterocycles. The molecule has 1 saturated heterocycles. The van der Waals surface area contributed by atoms with Crippen LogP contribution in [-0.2, 0) is 16.0 Å². The van der Waals surface area contributed by atoms with E-state index in [9.17, 15) is 9.59 Å². The van der Waals surface area contributed by atoms with Gasteiger partial charge < -0.3 is 14.2 Å². The van der Waals surface area contributed by atoms with Crippen molar-refractivity contribution in [2.24, 2.45) is 5.92 Å². The van der Waals surface area contributed by atoms with Crippen LogP contribution in [0.1, 0.15) is 34.7 Å². The highest BCUT2D eigenvalue weighted by atomic mass is 16.6. The molecule has 132 valence electrons. The third kappa shape index (κ3) is 4.68. The summed E-state index contributed by atoms with van der Waals surface area (Å²) < 4.78 is 9.84. The molecule has 0 bridgehead atoms. The smallest absolute Gasteiger partial charge is 0.377 e. The molecule has 0 aliphatic carbocycles. The number of amides is 1. The topological polar surface area (TPSA) is 72.6 Å². The molecule has 1 aromatic carbocycles. The first-order valence-electron chi connectivity index (χ1n) is 8.54. The Morgan fingerprint density at radius 1 is 1.24 bits per heavy atom. The summed E-state index contributed by atoms with van der Waals surface area (Å²) in [6.07, 6.45) is 2.98. The monoisotopic (exact) mass is 342 g/mol. The van der Waals surface area contributed by atoms with Crippen LogP contribution in [0.15, 0.2) is 40.9 Å². The molecule has 0 atom stereocenters. The maximum absolute atomic E-state index is 12.2. The van der Waals surface area contributed by atoms with Gasteiger partial charge in [-0.3, -0.25) is 4.79 Å². The van der Waals surface area contributed by atoms with Crippen molar-refractivity contribution in [3.8, 4) is 0 Å². The zero-order valence-corrected chi connectivity index (χ0v) is 14.3. The number of likely N-dealkylation sites (tertiary alicyclic amines) is 1. The van der Waals surface area contributed by atoms with E-state index in [1.807, 2.05) is 6.07 Å². The van der Waals surface area contributed by atoms with Crippen molar-refractivity contribution in [1.29, 1.82) is 0 Å². The second-order valence-electron chi connectivity index (χ2n) is 6.42. The Kier molecular flexibility index (Phi) is 5.48. The molecule has 0 radical (unpaired) electrons. The van der Waals surface area contributed by atoms with Crippen LogP contribution >= 0.6 is 0 Å². The van der Waals surface area contributed by atoms with E-state index in [1.165, 1.54) is 11.6 Å². The molecule has 0 N–H and O–H groups in total. The van der Waals surface area contributed by atoms with Gasteiger partial charge in [0.25, 0.3) is 5.91 Å². The summed E-state index contributed by atoms with van der Waals surface area (Å²) in [5.74, 6) is -0.214. The Bertz CT molecular complexity index is 718. The van der Waals surface area contributed by atoms with Gasteiger partial charge in [-0.15, -0.1) is 0 Å². The fraction of sp³-hybridized carbons (Fsp3) is 0.421. The van der Waals surface area contributed by atoms with Crippen molar-refractivity contribution in [2.45, 2.75) is 26.2 Å². The van der Waals surface area contributed by atoms with Gasteiger partial charge >= 0.3 is 5.97 Å². The number of piperidine rings is 1. The molecule has 25 heavy (non-hydrogen) atoms. The molecular weight excluding hydrogens is 320 g/mol. The molecule has 1 aliphatic heterocycles. The number of rotatable bonds is 5. The summed E-state index contributed by atoms with van der Waals surface area (Å²) >= 11 is 0. The quantitative estimate of drug-likeness (QED) is 0.781. The van der Waals surface area contributed by atoms with Gasteiger partial charge in [0.1, 0.15) is 0 Å². The number of benzene rings is 1. The lowest BCUT2D eigenvalue weighted by Gasteiger charge is -2.32. The normalized spacial score (nSPS) is 15.2. The van der Waals surface area contributed by atoms with Crippen molar-refractivity contribution in [2.75, 3.05) is 19.7 Å². The fourth-order valence-corrected chi connectivity index (χ4v) is 3.08. The lowest BCUT2D eigenvalue weighted by molar-refractivity contribution is -0.136. The number of hydrogen-bond acceptors (Lipinski definition) is 5. The lowest BCUT2D eigenvalue weighted by atomic mass is 9.90. The van der Waals surface area contributed by atoms with Crippen LogP contribution in [0.3, 0.4) is 0 Å². The molecule has 1 amide bonds. The fourth-order valence-electron chi connectivity index (χ4n) is 3.08. The zero-order chi connectivity index (χ0) is 17.6. The SMILES string of the molecule is Cc1cc(C(=O)OCC(=O)N2CCC(Cc3ccccc3)CC2)on1. The van der Waals surface area contributed by atoms with Crippen LogP contribution in [0, 0.1) is 12.8 Å². The van der Waals surface area contributed by atoms with E-state index in [-0.39, 0.29) is 18.3 Å². The summed E-state index contributed by atoms with van der Waals surface area (Å²) in [6.45, 7) is 2.86. The van der Waals surface area contributed by atoms with Crippen LogP contribution in [0.5, 0.6) is 0 Å². The number of nitrogens with zero attached hydrogens (tertiary/aromatic N) is 2. The number of esters is 1.